The maximum absolute atomic E-state index is 9.07. The van der Waals surface area contributed by atoms with Crippen molar-refractivity contribution in [2.45, 2.75) is 32.1 Å². The second kappa shape index (κ2) is 7.99. The van der Waals surface area contributed by atoms with Crippen molar-refractivity contribution in [1.29, 1.82) is 0 Å². The first kappa shape index (κ1) is 12.8. The molecule has 1 aromatic carbocycles. The molecule has 0 saturated heterocycles. The van der Waals surface area contributed by atoms with Gasteiger partial charge >= 0.3 is 0 Å². The molecule has 0 aliphatic heterocycles. The van der Waals surface area contributed by atoms with Gasteiger partial charge in [-0.1, -0.05) is 19.3 Å². The van der Waals surface area contributed by atoms with Crippen molar-refractivity contribution < 1.29 is 14.9 Å². The number of rotatable bonds is 8. The molecule has 0 radical (unpaired) electrons. The van der Waals surface area contributed by atoms with Gasteiger partial charge in [0, 0.05) is 6.61 Å². The third-order valence-corrected chi connectivity index (χ3v) is 2.41. The second-order valence-electron chi connectivity index (χ2n) is 3.83. The molecule has 0 bridgehead atoms. The molecule has 0 spiro atoms. The maximum Gasteiger partial charge on any atom is 0.119 e. The number of phenolic OH excluding ortho intramolecular Hbond substituents is 1. The summed E-state index contributed by atoms with van der Waals surface area (Å²) >= 11 is 0. The Morgan fingerprint density at radius 3 is 2.19 bits per heavy atom. The van der Waals surface area contributed by atoms with Crippen molar-refractivity contribution >= 4 is 0 Å². The zero-order valence-electron chi connectivity index (χ0n) is 9.56. The van der Waals surface area contributed by atoms with Crippen molar-refractivity contribution in [2.75, 3.05) is 13.2 Å². The number of benzene rings is 1. The summed E-state index contributed by atoms with van der Waals surface area (Å²) in [6, 6.07) is 6.77. The van der Waals surface area contributed by atoms with E-state index in [1.807, 2.05) is 0 Å². The molecule has 90 valence electrons. The Kier molecular flexibility index (Phi) is 6.42. The van der Waals surface area contributed by atoms with Crippen molar-refractivity contribution in [2.24, 2.45) is 0 Å². The summed E-state index contributed by atoms with van der Waals surface area (Å²) in [4.78, 5) is 0. The zero-order valence-corrected chi connectivity index (χ0v) is 9.56. The summed E-state index contributed by atoms with van der Waals surface area (Å²) in [5.41, 5.74) is 0. The SMILES string of the molecule is OCCCCCCCOc1ccc(O)cc1. The van der Waals surface area contributed by atoms with Gasteiger partial charge in [-0.05, 0) is 37.1 Å². The standard InChI is InChI=1S/C13H20O3/c14-10-4-2-1-3-5-11-16-13-8-6-12(15)7-9-13/h6-9,14-15H,1-5,10-11H2. The Morgan fingerprint density at radius 2 is 1.50 bits per heavy atom. The summed E-state index contributed by atoms with van der Waals surface area (Å²) in [6.07, 6.45) is 5.32. The fraction of sp³-hybridized carbons (Fsp3) is 0.538. The minimum absolute atomic E-state index is 0.261. The van der Waals surface area contributed by atoms with Gasteiger partial charge in [-0.15, -0.1) is 0 Å². The third-order valence-electron chi connectivity index (χ3n) is 2.41. The minimum Gasteiger partial charge on any atom is -0.508 e. The van der Waals surface area contributed by atoms with Crippen LogP contribution in [0.4, 0.5) is 0 Å². The van der Waals surface area contributed by atoms with Crippen LogP contribution >= 0.6 is 0 Å². The highest BCUT2D eigenvalue weighted by atomic mass is 16.5. The average Bonchev–Trinajstić information content (AvgIpc) is 2.30. The molecule has 0 atom stereocenters. The van der Waals surface area contributed by atoms with E-state index in [2.05, 4.69) is 0 Å². The number of ether oxygens (including phenoxy) is 1. The molecule has 1 rings (SSSR count). The largest absolute Gasteiger partial charge is 0.508 e. The third kappa shape index (κ3) is 5.61. The molecule has 0 aliphatic rings. The lowest BCUT2D eigenvalue weighted by Gasteiger charge is -2.05. The Labute approximate surface area is 96.7 Å². The van der Waals surface area contributed by atoms with Crippen LogP contribution < -0.4 is 4.74 Å². The van der Waals surface area contributed by atoms with E-state index in [1.165, 1.54) is 0 Å². The molecular formula is C13H20O3. The van der Waals surface area contributed by atoms with Gasteiger partial charge in [0.05, 0.1) is 6.61 Å². The van der Waals surface area contributed by atoms with Gasteiger partial charge in [0.15, 0.2) is 0 Å². The number of hydrogen-bond acceptors (Lipinski definition) is 3. The number of aromatic hydroxyl groups is 1. The Bertz CT molecular complexity index is 269. The van der Waals surface area contributed by atoms with E-state index in [0.29, 0.717) is 13.2 Å². The quantitative estimate of drug-likeness (QED) is 0.667. The minimum atomic E-state index is 0.261. The van der Waals surface area contributed by atoms with Crippen LogP contribution in [0.25, 0.3) is 0 Å². The molecular weight excluding hydrogens is 204 g/mol. The van der Waals surface area contributed by atoms with E-state index >= 15 is 0 Å². The van der Waals surface area contributed by atoms with Crippen LogP contribution in [0.2, 0.25) is 0 Å². The summed E-state index contributed by atoms with van der Waals surface area (Å²) in [7, 11) is 0. The molecule has 2 N–H and O–H groups in total. The van der Waals surface area contributed by atoms with Crippen LogP contribution in [0.1, 0.15) is 32.1 Å². The second-order valence-corrected chi connectivity index (χ2v) is 3.83. The molecule has 0 heterocycles. The Morgan fingerprint density at radius 1 is 0.875 bits per heavy atom. The van der Waals surface area contributed by atoms with Gasteiger partial charge in [0.1, 0.15) is 11.5 Å². The molecule has 0 unspecified atom stereocenters. The number of phenols is 1. The van der Waals surface area contributed by atoms with E-state index in [1.54, 1.807) is 24.3 Å². The van der Waals surface area contributed by atoms with Crippen LogP contribution in [-0.4, -0.2) is 23.4 Å². The van der Waals surface area contributed by atoms with E-state index in [0.717, 1.165) is 37.9 Å². The molecule has 3 heteroatoms. The summed E-state index contributed by atoms with van der Waals surface area (Å²) in [6.45, 7) is 1.01. The van der Waals surface area contributed by atoms with Crippen LogP contribution in [-0.2, 0) is 0 Å². The highest BCUT2D eigenvalue weighted by Gasteiger charge is 1.94. The van der Waals surface area contributed by atoms with Crippen LogP contribution in [0, 0.1) is 0 Å². The maximum atomic E-state index is 9.07. The topological polar surface area (TPSA) is 49.7 Å². The van der Waals surface area contributed by atoms with Crippen LogP contribution in [0.15, 0.2) is 24.3 Å². The molecule has 0 aromatic heterocycles. The van der Waals surface area contributed by atoms with Crippen molar-refractivity contribution in [3.05, 3.63) is 24.3 Å². The van der Waals surface area contributed by atoms with Crippen LogP contribution in [0.3, 0.4) is 0 Å². The lowest BCUT2D eigenvalue weighted by Crippen LogP contribution is -1.97. The summed E-state index contributed by atoms with van der Waals surface area (Å²) in [5, 5.41) is 17.7. The van der Waals surface area contributed by atoms with E-state index < -0.39 is 0 Å². The Hall–Kier alpha value is -1.22. The number of aliphatic hydroxyl groups is 1. The lowest BCUT2D eigenvalue weighted by atomic mass is 10.1. The van der Waals surface area contributed by atoms with Gasteiger partial charge in [-0.2, -0.15) is 0 Å². The molecule has 0 saturated carbocycles. The normalized spacial score (nSPS) is 10.3. The van der Waals surface area contributed by atoms with Gasteiger partial charge in [-0.3, -0.25) is 0 Å². The lowest BCUT2D eigenvalue weighted by molar-refractivity contribution is 0.278. The highest BCUT2D eigenvalue weighted by molar-refractivity contribution is 5.29. The van der Waals surface area contributed by atoms with Crippen molar-refractivity contribution in [3.8, 4) is 11.5 Å². The van der Waals surface area contributed by atoms with E-state index in [4.69, 9.17) is 14.9 Å². The molecule has 3 nitrogen and oxygen atoms in total. The summed E-state index contributed by atoms with van der Waals surface area (Å²) in [5.74, 6) is 1.06. The molecule has 0 amide bonds. The smallest absolute Gasteiger partial charge is 0.119 e. The number of unbranched alkanes of at least 4 members (excludes halogenated alkanes) is 4. The summed E-state index contributed by atoms with van der Waals surface area (Å²) < 4.78 is 5.51. The number of aliphatic hydroxyl groups excluding tert-OH is 1. The van der Waals surface area contributed by atoms with Gasteiger partial charge in [0.2, 0.25) is 0 Å². The van der Waals surface area contributed by atoms with Crippen molar-refractivity contribution in [3.63, 3.8) is 0 Å². The Balaban J connectivity index is 2.01. The molecule has 16 heavy (non-hydrogen) atoms. The first-order valence-electron chi connectivity index (χ1n) is 5.85. The van der Waals surface area contributed by atoms with Crippen LogP contribution in [0.5, 0.6) is 11.5 Å². The van der Waals surface area contributed by atoms with E-state index in [9.17, 15) is 0 Å². The van der Waals surface area contributed by atoms with E-state index in [-0.39, 0.29) is 5.75 Å². The van der Waals surface area contributed by atoms with Gasteiger partial charge < -0.3 is 14.9 Å². The average molecular weight is 224 g/mol. The predicted octanol–water partition coefficient (Wildman–Crippen LogP) is 2.71. The van der Waals surface area contributed by atoms with Crippen molar-refractivity contribution in [1.82, 2.24) is 0 Å². The monoisotopic (exact) mass is 224 g/mol. The van der Waals surface area contributed by atoms with Gasteiger partial charge in [-0.25, -0.2) is 0 Å². The zero-order chi connectivity index (χ0) is 11.6. The molecule has 0 aliphatic carbocycles. The fourth-order valence-corrected chi connectivity index (χ4v) is 1.48. The first-order chi connectivity index (χ1) is 7.83. The molecule has 0 fully saturated rings. The fourth-order valence-electron chi connectivity index (χ4n) is 1.48. The first-order valence-corrected chi connectivity index (χ1v) is 5.85. The molecule has 1 aromatic rings. The van der Waals surface area contributed by atoms with Gasteiger partial charge in [0.25, 0.3) is 0 Å². The highest BCUT2D eigenvalue weighted by Crippen LogP contribution is 2.16. The number of hydrogen-bond donors (Lipinski definition) is 2. The predicted molar refractivity (Wildman–Crippen MR) is 63.8 cm³/mol.